The fraction of sp³-hybridized carbons (Fsp3) is 0. The molecule has 0 saturated heterocycles. The summed E-state index contributed by atoms with van der Waals surface area (Å²) in [6.45, 7) is 0. The lowest BCUT2D eigenvalue weighted by Gasteiger charge is -1.99. The van der Waals surface area contributed by atoms with Crippen molar-refractivity contribution in [1.29, 1.82) is 0 Å². The Morgan fingerprint density at radius 1 is 0.938 bits per heavy atom. The monoisotopic (exact) mass is 228 g/mol. The number of benzene rings is 2. The number of hydrogen-bond donors (Lipinski definition) is 2. The van der Waals surface area contributed by atoms with Crippen molar-refractivity contribution in [2.24, 2.45) is 5.10 Å². The Balaban J connectivity index is 2.03. The zero-order valence-corrected chi connectivity index (χ0v) is 9.56. The van der Waals surface area contributed by atoms with Gasteiger partial charge in [0.05, 0.1) is 11.9 Å². The molecule has 16 heavy (non-hydrogen) atoms. The van der Waals surface area contributed by atoms with Crippen molar-refractivity contribution in [3.8, 4) is 0 Å². The molecule has 0 saturated carbocycles. The lowest BCUT2D eigenvalue weighted by atomic mass is 10.2. The Bertz CT molecular complexity index is 480. The molecule has 0 aliphatic rings. The minimum atomic E-state index is 0.918. The van der Waals surface area contributed by atoms with Crippen molar-refractivity contribution in [2.75, 3.05) is 5.43 Å². The maximum atomic E-state index is 4.34. The number of hydrazone groups is 1. The van der Waals surface area contributed by atoms with Crippen molar-refractivity contribution in [2.45, 2.75) is 4.90 Å². The van der Waals surface area contributed by atoms with Crippen molar-refractivity contribution >= 4 is 24.5 Å². The Hall–Kier alpha value is -1.74. The second-order valence-corrected chi connectivity index (χ2v) is 3.78. The molecule has 0 fully saturated rings. The number of hydrogen-bond acceptors (Lipinski definition) is 3. The molecule has 2 nitrogen and oxygen atoms in total. The fourth-order valence-electron chi connectivity index (χ4n) is 1.29. The first-order chi connectivity index (χ1) is 7.86. The molecule has 0 amide bonds. The standard InChI is InChI=1S/C13H12N2S/c16-13-9-5-4-6-11(13)10-14-15-12-7-2-1-3-8-12/h1-10,15-16H/b14-10+. The zero-order chi connectivity index (χ0) is 11.2. The van der Waals surface area contributed by atoms with Crippen molar-refractivity contribution in [3.05, 3.63) is 60.2 Å². The largest absolute Gasteiger partial charge is 0.279 e. The highest BCUT2D eigenvalue weighted by atomic mass is 32.1. The van der Waals surface area contributed by atoms with Crippen LogP contribution in [-0.4, -0.2) is 6.21 Å². The average molecular weight is 228 g/mol. The summed E-state index contributed by atoms with van der Waals surface area (Å²) in [7, 11) is 0. The Kier molecular flexibility index (Phi) is 3.62. The van der Waals surface area contributed by atoms with Crippen LogP contribution in [0.15, 0.2) is 64.6 Å². The van der Waals surface area contributed by atoms with Crippen LogP contribution in [-0.2, 0) is 0 Å². The molecule has 0 heterocycles. The SMILES string of the molecule is Sc1ccccc1/C=N/Nc1ccccc1. The minimum Gasteiger partial charge on any atom is -0.279 e. The average Bonchev–Trinajstić information content (AvgIpc) is 2.33. The van der Waals surface area contributed by atoms with Crippen LogP contribution < -0.4 is 5.43 Å². The maximum absolute atomic E-state index is 4.34. The first kappa shape index (κ1) is 10.8. The van der Waals surface area contributed by atoms with Crippen LogP contribution in [0.2, 0.25) is 0 Å². The Morgan fingerprint density at radius 2 is 1.62 bits per heavy atom. The van der Waals surface area contributed by atoms with Gasteiger partial charge in [-0.1, -0.05) is 36.4 Å². The third-order valence-corrected chi connectivity index (χ3v) is 2.52. The van der Waals surface area contributed by atoms with Gasteiger partial charge in [0, 0.05) is 10.5 Å². The summed E-state index contributed by atoms with van der Waals surface area (Å²) in [5, 5.41) is 4.15. The van der Waals surface area contributed by atoms with Crippen LogP contribution in [0.3, 0.4) is 0 Å². The molecule has 0 unspecified atom stereocenters. The Labute approximate surface area is 100 Å². The molecule has 0 spiro atoms. The molecule has 0 aliphatic heterocycles. The van der Waals surface area contributed by atoms with Gasteiger partial charge in [-0.15, -0.1) is 12.6 Å². The molecule has 2 rings (SSSR count). The molecule has 0 atom stereocenters. The van der Waals surface area contributed by atoms with Gasteiger partial charge in [-0.05, 0) is 18.2 Å². The van der Waals surface area contributed by atoms with Crippen LogP contribution in [0.1, 0.15) is 5.56 Å². The highest BCUT2D eigenvalue weighted by Crippen LogP contribution is 2.10. The number of para-hydroxylation sites is 1. The van der Waals surface area contributed by atoms with Gasteiger partial charge < -0.3 is 0 Å². The molecule has 80 valence electrons. The van der Waals surface area contributed by atoms with E-state index < -0.39 is 0 Å². The quantitative estimate of drug-likeness (QED) is 0.469. The third kappa shape index (κ3) is 2.87. The Morgan fingerprint density at radius 3 is 2.38 bits per heavy atom. The third-order valence-electron chi connectivity index (χ3n) is 2.11. The predicted octanol–water partition coefficient (Wildman–Crippen LogP) is 3.42. The van der Waals surface area contributed by atoms with E-state index in [1.165, 1.54) is 0 Å². The second kappa shape index (κ2) is 5.37. The topological polar surface area (TPSA) is 24.4 Å². The van der Waals surface area contributed by atoms with E-state index in [4.69, 9.17) is 0 Å². The number of nitrogens with zero attached hydrogens (tertiary/aromatic N) is 1. The van der Waals surface area contributed by atoms with E-state index in [-0.39, 0.29) is 0 Å². The van der Waals surface area contributed by atoms with Gasteiger partial charge in [-0.2, -0.15) is 5.10 Å². The maximum Gasteiger partial charge on any atom is 0.0561 e. The summed E-state index contributed by atoms with van der Waals surface area (Å²) < 4.78 is 0. The van der Waals surface area contributed by atoms with Gasteiger partial charge in [-0.25, -0.2) is 0 Å². The number of nitrogens with one attached hydrogen (secondary N) is 1. The summed E-state index contributed by atoms with van der Waals surface area (Å²) in [4.78, 5) is 0.918. The minimum absolute atomic E-state index is 0.918. The fourth-order valence-corrected chi connectivity index (χ4v) is 1.50. The number of rotatable bonds is 3. The van der Waals surface area contributed by atoms with Crippen LogP contribution in [0.5, 0.6) is 0 Å². The molecule has 0 bridgehead atoms. The van der Waals surface area contributed by atoms with E-state index in [9.17, 15) is 0 Å². The van der Waals surface area contributed by atoms with E-state index >= 15 is 0 Å². The molecule has 1 N–H and O–H groups in total. The lowest BCUT2D eigenvalue weighted by Crippen LogP contribution is -1.90. The van der Waals surface area contributed by atoms with Gasteiger partial charge in [0.2, 0.25) is 0 Å². The van der Waals surface area contributed by atoms with Gasteiger partial charge in [-0.3, -0.25) is 5.43 Å². The van der Waals surface area contributed by atoms with Crippen molar-refractivity contribution in [3.63, 3.8) is 0 Å². The molecular weight excluding hydrogens is 216 g/mol. The summed E-state index contributed by atoms with van der Waals surface area (Å²) in [5.41, 5.74) is 4.92. The second-order valence-electron chi connectivity index (χ2n) is 3.29. The van der Waals surface area contributed by atoms with Gasteiger partial charge in [0.1, 0.15) is 0 Å². The van der Waals surface area contributed by atoms with E-state index in [2.05, 4.69) is 23.2 Å². The molecule has 3 heteroatoms. The first-order valence-electron chi connectivity index (χ1n) is 4.98. The van der Waals surface area contributed by atoms with Crippen molar-refractivity contribution in [1.82, 2.24) is 0 Å². The smallest absolute Gasteiger partial charge is 0.0561 e. The van der Waals surface area contributed by atoms with E-state index in [0.717, 1.165) is 16.1 Å². The summed E-state index contributed by atoms with van der Waals surface area (Å²) in [5.74, 6) is 0. The first-order valence-corrected chi connectivity index (χ1v) is 5.43. The molecule has 2 aromatic rings. The van der Waals surface area contributed by atoms with E-state index in [1.807, 2.05) is 54.6 Å². The molecular formula is C13H12N2S. The van der Waals surface area contributed by atoms with Crippen molar-refractivity contribution < 1.29 is 0 Å². The van der Waals surface area contributed by atoms with Gasteiger partial charge in [0.25, 0.3) is 0 Å². The highest BCUT2D eigenvalue weighted by Gasteiger charge is 1.92. The van der Waals surface area contributed by atoms with Crippen LogP contribution >= 0.6 is 12.6 Å². The van der Waals surface area contributed by atoms with Crippen LogP contribution in [0, 0.1) is 0 Å². The van der Waals surface area contributed by atoms with Crippen LogP contribution in [0.25, 0.3) is 0 Å². The summed E-state index contributed by atoms with van der Waals surface area (Å²) in [6.07, 6.45) is 1.76. The number of thiol groups is 1. The summed E-state index contributed by atoms with van der Waals surface area (Å²) in [6, 6.07) is 17.6. The predicted molar refractivity (Wildman–Crippen MR) is 71.4 cm³/mol. The molecule has 0 aromatic heterocycles. The number of anilines is 1. The van der Waals surface area contributed by atoms with E-state index in [1.54, 1.807) is 6.21 Å². The normalized spacial score (nSPS) is 10.6. The molecule has 2 aromatic carbocycles. The molecule has 0 radical (unpaired) electrons. The lowest BCUT2D eigenvalue weighted by molar-refractivity contribution is 1.34. The van der Waals surface area contributed by atoms with Gasteiger partial charge >= 0.3 is 0 Å². The molecule has 0 aliphatic carbocycles. The summed E-state index contributed by atoms with van der Waals surface area (Å²) >= 11 is 4.34. The van der Waals surface area contributed by atoms with Gasteiger partial charge in [0.15, 0.2) is 0 Å². The zero-order valence-electron chi connectivity index (χ0n) is 8.67. The van der Waals surface area contributed by atoms with E-state index in [0.29, 0.717) is 0 Å². The highest BCUT2D eigenvalue weighted by molar-refractivity contribution is 7.80. The van der Waals surface area contributed by atoms with Crippen LogP contribution in [0.4, 0.5) is 5.69 Å².